The molecule has 3 rings (SSSR count). The van der Waals surface area contributed by atoms with Gasteiger partial charge in [-0.25, -0.2) is 0 Å². The first-order chi connectivity index (χ1) is 13.8. The number of methoxy groups -OCH3 is 1. The van der Waals surface area contributed by atoms with Crippen molar-refractivity contribution in [3.05, 3.63) is 66.2 Å². The first-order valence-corrected chi connectivity index (χ1v) is 9.10. The summed E-state index contributed by atoms with van der Waals surface area (Å²) < 4.78 is 42.2. The second-order valence-electron chi connectivity index (χ2n) is 6.64. The van der Waals surface area contributed by atoms with Crippen LogP contribution in [0.5, 0.6) is 5.75 Å². The van der Waals surface area contributed by atoms with Gasteiger partial charge >= 0.3 is 6.18 Å². The third-order valence-corrected chi connectivity index (χ3v) is 4.73. The number of alkyl halides is 3. The van der Waals surface area contributed by atoms with Gasteiger partial charge in [0, 0.05) is 24.0 Å². The van der Waals surface area contributed by atoms with E-state index >= 15 is 0 Å². The van der Waals surface area contributed by atoms with E-state index in [-0.39, 0.29) is 18.6 Å². The number of Topliss-reactive ketones (excluding diaryl/α,β-unsaturated/α-hetero) is 2. The van der Waals surface area contributed by atoms with E-state index in [0.29, 0.717) is 11.3 Å². The molecule has 0 saturated heterocycles. The highest BCUT2D eigenvalue weighted by Crippen LogP contribution is 2.37. The number of benzene rings is 3. The van der Waals surface area contributed by atoms with Gasteiger partial charge in [-0.1, -0.05) is 54.6 Å². The normalized spacial score (nSPS) is 11.4. The molecule has 0 aliphatic carbocycles. The number of carbonyl (C=O) groups is 2. The van der Waals surface area contributed by atoms with Gasteiger partial charge in [-0.05, 0) is 28.8 Å². The minimum Gasteiger partial charge on any atom is -0.496 e. The number of hydrogen-bond donors (Lipinski definition) is 0. The Kier molecular flexibility index (Phi) is 6.01. The third-order valence-electron chi connectivity index (χ3n) is 4.73. The summed E-state index contributed by atoms with van der Waals surface area (Å²) in [5, 5.41) is 2.06. The molecule has 0 heterocycles. The first kappa shape index (κ1) is 20.6. The molecule has 0 aliphatic rings. The van der Waals surface area contributed by atoms with Crippen molar-refractivity contribution in [2.45, 2.75) is 25.4 Å². The van der Waals surface area contributed by atoms with Gasteiger partial charge < -0.3 is 4.74 Å². The lowest BCUT2D eigenvalue weighted by Crippen LogP contribution is -2.22. The van der Waals surface area contributed by atoms with Crippen molar-refractivity contribution in [3.63, 3.8) is 0 Å². The molecular formula is C23H19F3O3. The number of ether oxygens (including phenoxy) is 1. The predicted octanol–water partition coefficient (Wildman–Crippen LogP) is 6.00. The van der Waals surface area contributed by atoms with Gasteiger partial charge in [0.2, 0.25) is 5.78 Å². The highest BCUT2D eigenvalue weighted by Gasteiger charge is 2.37. The van der Waals surface area contributed by atoms with Crippen LogP contribution in [-0.2, 0) is 4.79 Å². The van der Waals surface area contributed by atoms with Crippen molar-refractivity contribution in [1.29, 1.82) is 0 Å². The van der Waals surface area contributed by atoms with Crippen molar-refractivity contribution < 1.29 is 27.5 Å². The van der Waals surface area contributed by atoms with Crippen LogP contribution >= 0.6 is 0 Å². The second kappa shape index (κ2) is 8.47. The van der Waals surface area contributed by atoms with Crippen LogP contribution in [0.25, 0.3) is 21.9 Å². The zero-order chi connectivity index (χ0) is 21.0. The lowest BCUT2D eigenvalue weighted by atomic mass is 9.95. The van der Waals surface area contributed by atoms with E-state index in [2.05, 4.69) is 0 Å². The summed E-state index contributed by atoms with van der Waals surface area (Å²) in [6.45, 7) is 0. The summed E-state index contributed by atoms with van der Waals surface area (Å²) in [6, 6.07) is 18.6. The van der Waals surface area contributed by atoms with Gasteiger partial charge in [-0.15, -0.1) is 0 Å². The largest absolute Gasteiger partial charge is 0.496 e. The molecule has 0 saturated carbocycles. The smallest absolute Gasteiger partial charge is 0.449 e. The van der Waals surface area contributed by atoms with E-state index < -0.39 is 18.4 Å². The van der Waals surface area contributed by atoms with Crippen molar-refractivity contribution in [2.24, 2.45) is 0 Å². The second-order valence-corrected chi connectivity index (χ2v) is 6.64. The fraction of sp³-hybridized carbons (Fsp3) is 0.217. The van der Waals surface area contributed by atoms with Crippen LogP contribution in [-0.4, -0.2) is 24.9 Å². The number of ketones is 2. The van der Waals surface area contributed by atoms with Crippen LogP contribution in [0.15, 0.2) is 60.7 Å². The van der Waals surface area contributed by atoms with Crippen LogP contribution in [0.4, 0.5) is 13.2 Å². The molecule has 0 aromatic heterocycles. The summed E-state index contributed by atoms with van der Waals surface area (Å²) in [4.78, 5) is 23.1. The summed E-state index contributed by atoms with van der Waals surface area (Å²) >= 11 is 0. The highest BCUT2D eigenvalue weighted by molar-refractivity contribution is 6.01. The van der Waals surface area contributed by atoms with Gasteiger partial charge in [0.25, 0.3) is 0 Å². The van der Waals surface area contributed by atoms with Crippen molar-refractivity contribution >= 4 is 22.3 Å². The molecule has 3 nitrogen and oxygen atoms in total. The number of rotatable bonds is 7. The zero-order valence-electron chi connectivity index (χ0n) is 15.8. The highest BCUT2D eigenvalue weighted by atomic mass is 19.4. The quantitative estimate of drug-likeness (QED) is 0.457. The molecule has 0 atom stereocenters. The van der Waals surface area contributed by atoms with Gasteiger partial charge in [0.15, 0.2) is 5.78 Å². The Morgan fingerprint density at radius 1 is 0.897 bits per heavy atom. The van der Waals surface area contributed by atoms with E-state index in [1.807, 2.05) is 36.4 Å². The molecule has 0 aliphatic heterocycles. The third kappa shape index (κ3) is 4.65. The van der Waals surface area contributed by atoms with Gasteiger partial charge in [0.05, 0.1) is 7.11 Å². The summed E-state index contributed by atoms with van der Waals surface area (Å²) in [7, 11) is 1.59. The van der Waals surface area contributed by atoms with Crippen LogP contribution < -0.4 is 4.74 Å². The summed E-state index contributed by atoms with van der Waals surface area (Å²) in [6.07, 6.45) is -5.77. The molecule has 0 radical (unpaired) electrons. The molecule has 6 heteroatoms. The number of hydrogen-bond acceptors (Lipinski definition) is 3. The van der Waals surface area contributed by atoms with Crippen molar-refractivity contribution in [3.8, 4) is 16.9 Å². The fourth-order valence-electron chi connectivity index (χ4n) is 3.24. The number of halogens is 3. The maximum Gasteiger partial charge on any atom is 0.449 e. The Bertz CT molecular complexity index is 1040. The zero-order valence-corrected chi connectivity index (χ0v) is 15.8. The predicted molar refractivity (Wildman–Crippen MR) is 105 cm³/mol. The molecule has 150 valence electrons. The van der Waals surface area contributed by atoms with E-state index in [4.69, 9.17) is 4.74 Å². The van der Waals surface area contributed by atoms with E-state index in [1.165, 1.54) is 0 Å². The molecule has 3 aromatic rings. The number of fused-ring (bicyclic) bond motifs is 1. The van der Waals surface area contributed by atoms with Gasteiger partial charge in [-0.3, -0.25) is 9.59 Å². The fourth-order valence-corrected chi connectivity index (χ4v) is 3.24. The van der Waals surface area contributed by atoms with Crippen LogP contribution in [0.1, 0.15) is 29.6 Å². The molecule has 0 spiro atoms. The van der Waals surface area contributed by atoms with Crippen LogP contribution in [0.3, 0.4) is 0 Å². The monoisotopic (exact) mass is 400 g/mol. The molecule has 0 amide bonds. The Hall–Kier alpha value is -3.15. The van der Waals surface area contributed by atoms with Crippen LogP contribution in [0.2, 0.25) is 0 Å². The Labute approximate surface area is 166 Å². The lowest BCUT2D eigenvalue weighted by molar-refractivity contribution is -0.171. The Morgan fingerprint density at radius 2 is 1.59 bits per heavy atom. The summed E-state index contributed by atoms with van der Waals surface area (Å²) in [5.41, 5.74) is 2.16. The van der Waals surface area contributed by atoms with Crippen molar-refractivity contribution in [2.75, 3.05) is 7.11 Å². The lowest BCUT2D eigenvalue weighted by Gasteiger charge is -2.13. The molecule has 0 N–H and O–H groups in total. The molecule has 0 fully saturated rings. The maximum absolute atomic E-state index is 12.2. The molecule has 0 bridgehead atoms. The van der Waals surface area contributed by atoms with Crippen LogP contribution in [0, 0.1) is 0 Å². The SMILES string of the molecule is COc1ccc2ccccc2c1-c1ccc(C(=O)CCCC(=O)C(F)(F)F)cc1. The van der Waals surface area contributed by atoms with E-state index in [9.17, 15) is 22.8 Å². The van der Waals surface area contributed by atoms with Gasteiger partial charge in [-0.2, -0.15) is 13.2 Å². The Balaban J connectivity index is 1.78. The minimum absolute atomic E-state index is 0.112. The van der Waals surface area contributed by atoms with Crippen molar-refractivity contribution in [1.82, 2.24) is 0 Å². The Morgan fingerprint density at radius 3 is 2.24 bits per heavy atom. The van der Waals surface area contributed by atoms with E-state index in [0.717, 1.165) is 21.9 Å². The standard InChI is InChI=1S/C23H19F3O3/c1-29-20-14-13-15-5-2-3-6-18(15)22(20)17-11-9-16(10-12-17)19(27)7-4-8-21(28)23(24,25)26/h2-3,5-6,9-14H,4,7-8H2,1H3. The van der Waals surface area contributed by atoms with Gasteiger partial charge in [0.1, 0.15) is 5.75 Å². The molecule has 3 aromatic carbocycles. The molecular weight excluding hydrogens is 381 g/mol. The topological polar surface area (TPSA) is 43.4 Å². The average molecular weight is 400 g/mol. The average Bonchev–Trinajstić information content (AvgIpc) is 2.72. The number of carbonyl (C=O) groups excluding carboxylic acids is 2. The first-order valence-electron chi connectivity index (χ1n) is 9.10. The summed E-state index contributed by atoms with van der Waals surface area (Å²) in [5.74, 6) is -1.39. The molecule has 29 heavy (non-hydrogen) atoms. The molecule has 0 unspecified atom stereocenters. The maximum atomic E-state index is 12.2. The van der Waals surface area contributed by atoms with E-state index in [1.54, 1.807) is 31.4 Å². The minimum atomic E-state index is -4.85.